The normalized spacial score (nSPS) is 10.6. The highest BCUT2D eigenvalue weighted by atomic mass is 35.5. The van der Waals surface area contributed by atoms with Crippen molar-refractivity contribution in [3.63, 3.8) is 0 Å². The Bertz CT molecular complexity index is 462. The van der Waals surface area contributed by atoms with Crippen molar-refractivity contribution in [1.29, 1.82) is 0 Å². The van der Waals surface area contributed by atoms with Gasteiger partial charge in [0.15, 0.2) is 0 Å². The molecule has 0 amide bonds. The van der Waals surface area contributed by atoms with Crippen molar-refractivity contribution in [1.82, 2.24) is 0 Å². The Hall–Kier alpha value is -1.18. The van der Waals surface area contributed by atoms with Crippen LogP contribution in [-0.2, 0) is 10.0 Å². The van der Waals surface area contributed by atoms with Gasteiger partial charge in [-0.1, -0.05) is 12.0 Å². The molecule has 0 spiro atoms. The van der Waals surface area contributed by atoms with E-state index < -0.39 is 15.2 Å². The number of hydrogen-bond acceptors (Lipinski definition) is 2. The van der Waals surface area contributed by atoms with Gasteiger partial charge in [0.25, 0.3) is 0 Å². The molecular formula is C9H8ClNO2S. The van der Waals surface area contributed by atoms with Gasteiger partial charge in [-0.25, -0.2) is 8.42 Å². The van der Waals surface area contributed by atoms with Gasteiger partial charge in [-0.15, -0.1) is 18.0 Å². The number of alkyl halides is 1. The Balaban J connectivity index is 2.94. The molecule has 0 fully saturated rings. The molecule has 0 aliphatic rings. The second kappa shape index (κ2) is 4.36. The average Bonchev–Trinajstić information content (AvgIpc) is 2.17. The number of anilines is 1. The Morgan fingerprint density at radius 1 is 1.50 bits per heavy atom. The third kappa shape index (κ3) is 2.95. The predicted octanol–water partition coefficient (Wildman–Crippen LogP) is 1.61. The molecule has 0 aliphatic carbocycles. The first-order valence-corrected chi connectivity index (χ1v) is 5.89. The van der Waals surface area contributed by atoms with Crippen LogP contribution in [0.2, 0.25) is 0 Å². The molecule has 0 saturated carbocycles. The Kier molecular flexibility index (Phi) is 3.39. The van der Waals surface area contributed by atoms with Crippen molar-refractivity contribution < 1.29 is 8.42 Å². The lowest BCUT2D eigenvalue weighted by Crippen LogP contribution is -2.13. The summed E-state index contributed by atoms with van der Waals surface area (Å²) in [6, 6.07) is 6.54. The zero-order chi connectivity index (χ0) is 10.6. The van der Waals surface area contributed by atoms with Gasteiger partial charge in [-0.2, -0.15) is 0 Å². The summed E-state index contributed by atoms with van der Waals surface area (Å²) in [5.41, 5.74) is 1.03. The summed E-state index contributed by atoms with van der Waals surface area (Å²) in [5, 5.41) is -0.479. The van der Waals surface area contributed by atoms with Gasteiger partial charge in [-0.05, 0) is 18.2 Å². The van der Waals surface area contributed by atoms with Crippen LogP contribution in [0.4, 0.5) is 5.69 Å². The first kappa shape index (κ1) is 10.9. The lowest BCUT2D eigenvalue weighted by Gasteiger charge is -2.04. The van der Waals surface area contributed by atoms with Crippen molar-refractivity contribution in [2.24, 2.45) is 0 Å². The maximum absolute atomic E-state index is 11.1. The van der Waals surface area contributed by atoms with Crippen LogP contribution in [0.5, 0.6) is 0 Å². The quantitative estimate of drug-likeness (QED) is 0.632. The third-order valence-corrected chi connectivity index (χ3v) is 3.14. The molecule has 0 radical (unpaired) electrons. The number of sulfonamides is 1. The van der Waals surface area contributed by atoms with Gasteiger partial charge in [0.2, 0.25) is 10.0 Å². The highest BCUT2D eigenvalue weighted by Crippen LogP contribution is 2.11. The van der Waals surface area contributed by atoms with E-state index >= 15 is 0 Å². The molecule has 0 atom stereocenters. The first-order chi connectivity index (χ1) is 6.57. The van der Waals surface area contributed by atoms with Crippen molar-refractivity contribution in [3.05, 3.63) is 29.8 Å². The topological polar surface area (TPSA) is 46.2 Å². The summed E-state index contributed by atoms with van der Waals surface area (Å²) in [7, 11) is -3.45. The van der Waals surface area contributed by atoms with E-state index in [1.807, 2.05) is 0 Å². The molecule has 0 saturated heterocycles. The number of hydrogen-bond donors (Lipinski definition) is 1. The van der Waals surface area contributed by atoms with Crippen molar-refractivity contribution in [2.75, 3.05) is 9.93 Å². The standard InChI is InChI=1S/C9H8ClNO2S/c1-2-8-4-3-5-9(6-8)11-14(12,13)7-10/h1,3-6,11H,7H2. The number of benzene rings is 1. The van der Waals surface area contributed by atoms with E-state index in [1.54, 1.807) is 24.3 Å². The molecular weight excluding hydrogens is 222 g/mol. The minimum Gasteiger partial charge on any atom is -0.283 e. The van der Waals surface area contributed by atoms with Gasteiger partial charge in [0, 0.05) is 11.3 Å². The summed E-state index contributed by atoms with van der Waals surface area (Å²) >= 11 is 5.23. The molecule has 3 nitrogen and oxygen atoms in total. The first-order valence-electron chi connectivity index (χ1n) is 3.70. The zero-order valence-electron chi connectivity index (χ0n) is 7.20. The highest BCUT2D eigenvalue weighted by Gasteiger charge is 2.07. The number of rotatable bonds is 3. The van der Waals surface area contributed by atoms with Crippen molar-refractivity contribution >= 4 is 27.3 Å². The average molecular weight is 230 g/mol. The zero-order valence-corrected chi connectivity index (χ0v) is 8.77. The van der Waals surface area contributed by atoms with Crippen LogP contribution in [0.25, 0.3) is 0 Å². The maximum Gasteiger partial charge on any atom is 0.246 e. The fraction of sp³-hybridized carbons (Fsp3) is 0.111. The number of terminal acetylenes is 1. The van der Waals surface area contributed by atoms with E-state index in [4.69, 9.17) is 18.0 Å². The van der Waals surface area contributed by atoms with Crippen LogP contribution < -0.4 is 4.72 Å². The molecule has 74 valence electrons. The van der Waals surface area contributed by atoms with E-state index in [0.717, 1.165) is 0 Å². The third-order valence-electron chi connectivity index (χ3n) is 1.45. The molecule has 5 heteroatoms. The van der Waals surface area contributed by atoms with Crippen LogP contribution in [0, 0.1) is 12.3 Å². The van der Waals surface area contributed by atoms with Gasteiger partial charge >= 0.3 is 0 Å². The summed E-state index contributed by atoms with van der Waals surface area (Å²) in [5.74, 6) is 2.40. The molecule has 14 heavy (non-hydrogen) atoms. The van der Waals surface area contributed by atoms with Crippen molar-refractivity contribution in [2.45, 2.75) is 0 Å². The molecule has 1 N–H and O–H groups in total. The van der Waals surface area contributed by atoms with E-state index in [0.29, 0.717) is 11.3 Å². The predicted molar refractivity (Wildman–Crippen MR) is 57.6 cm³/mol. The van der Waals surface area contributed by atoms with Crippen LogP contribution in [0.3, 0.4) is 0 Å². The molecule has 1 aromatic rings. The molecule has 1 rings (SSSR count). The highest BCUT2D eigenvalue weighted by molar-refractivity contribution is 7.93. The smallest absolute Gasteiger partial charge is 0.246 e. The van der Waals surface area contributed by atoms with Crippen LogP contribution in [0.1, 0.15) is 5.56 Å². The van der Waals surface area contributed by atoms with Gasteiger partial charge < -0.3 is 0 Å². The van der Waals surface area contributed by atoms with Gasteiger partial charge in [0.05, 0.1) is 0 Å². The summed E-state index contributed by atoms with van der Waals surface area (Å²) in [6.45, 7) is 0. The minimum atomic E-state index is -3.45. The molecule has 0 aromatic heterocycles. The maximum atomic E-state index is 11.1. The molecule has 1 aromatic carbocycles. The fourth-order valence-electron chi connectivity index (χ4n) is 0.879. The molecule has 0 unspecified atom stereocenters. The largest absolute Gasteiger partial charge is 0.283 e. The molecule has 0 aliphatic heterocycles. The molecule has 0 heterocycles. The lowest BCUT2D eigenvalue weighted by molar-refractivity contribution is 0.605. The monoisotopic (exact) mass is 229 g/mol. The van der Waals surface area contributed by atoms with E-state index in [-0.39, 0.29) is 0 Å². The lowest BCUT2D eigenvalue weighted by atomic mass is 10.2. The van der Waals surface area contributed by atoms with Gasteiger partial charge in [-0.3, -0.25) is 4.72 Å². The van der Waals surface area contributed by atoms with Crippen LogP contribution in [-0.4, -0.2) is 13.6 Å². The minimum absolute atomic E-state index is 0.418. The Labute approximate surface area is 88.1 Å². The number of halogens is 1. The van der Waals surface area contributed by atoms with Crippen LogP contribution in [0.15, 0.2) is 24.3 Å². The summed E-state index contributed by atoms with van der Waals surface area (Å²) in [4.78, 5) is 0. The van der Waals surface area contributed by atoms with E-state index in [1.165, 1.54) is 0 Å². The Morgan fingerprint density at radius 3 is 2.79 bits per heavy atom. The second-order valence-electron chi connectivity index (χ2n) is 2.55. The SMILES string of the molecule is C#Cc1cccc(NS(=O)(=O)CCl)c1. The number of nitrogens with one attached hydrogen (secondary N) is 1. The van der Waals surface area contributed by atoms with E-state index in [9.17, 15) is 8.42 Å². The van der Waals surface area contributed by atoms with Crippen molar-refractivity contribution in [3.8, 4) is 12.3 Å². The fourth-order valence-corrected chi connectivity index (χ4v) is 1.58. The Morgan fingerprint density at radius 2 is 2.21 bits per heavy atom. The van der Waals surface area contributed by atoms with Gasteiger partial charge in [0.1, 0.15) is 5.21 Å². The summed E-state index contributed by atoms with van der Waals surface area (Å²) < 4.78 is 24.4. The second-order valence-corrected chi connectivity index (χ2v) is 4.86. The summed E-state index contributed by atoms with van der Waals surface area (Å²) in [6.07, 6.45) is 5.16. The van der Waals surface area contributed by atoms with Crippen LogP contribution >= 0.6 is 11.6 Å². The van der Waals surface area contributed by atoms with E-state index in [2.05, 4.69) is 10.6 Å². The molecule has 0 bridgehead atoms.